The largest absolute Gasteiger partial charge is 0.497 e. The van der Waals surface area contributed by atoms with Gasteiger partial charge in [0.1, 0.15) is 66.5 Å². The molecule has 7 heterocycles. The number of alkyl halides is 2. The molecule has 0 spiro atoms. The van der Waals surface area contributed by atoms with Crippen molar-refractivity contribution in [3.05, 3.63) is 307 Å². The van der Waals surface area contributed by atoms with Crippen LogP contribution < -0.4 is 64.6 Å². The van der Waals surface area contributed by atoms with Gasteiger partial charge in [-0.15, -0.1) is 11.6 Å². The van der Waals surface area contributed by atoms with Gasteiger partial charge in [0, 0.05) is 130 Å². The van der Waals surface area contributed by atoms with Gasteiger partial charge in [0.05, 0.1) is 73.6 Å². The Balaban J connectivity index is 0.000000199. The molecule has 13 aromatic rings. The van der Waals surface area contributed by atoms with Gasteiger partial charge in [-0.25, -0.2) is 59.3 Å². The average molecular weight is 2160 g/mol. The number of aryl methyl sites for hydroxylation is 8. The van der Waals surface area contributed by atoms with Crippen LogP contribution in [-0.2, 0) is 41.2 Å². The number of hydrogen-bond acceptors (Lipinski definition) is 25. The van der Waals surface area contributed by atoms with Crippen LogP contribution in [0.15, 0.2) is 182 Å². The van der Waals surface area contributed by atoms with Crippen molar-refractivity contribution in [1.82, 2.24) is 54.7 Å². The number of rotatable bonds is 22. The standard InChI is InChI=1S/C23H25Cl2N3O2.C22H21ClN4O3.C13H13Cl2N3.C13H20N2O.C9H9NO3.C8H11N.C5H3Cl3N2.C5H3Cl2IN2/c1-15-6-5-7-16(2)21(15)28(14-18-13-26-23(25)27-22(18)24)11-10-17-8-9-19(29-3)12-20(17)30-4;1-13-6-5-7-14(2)19(13)26-12-15-11-24-21(23)25-20(15)27(22(26)28)17-9-8-16(29-3)10-18(17)30-4;1-8-4-3-5-9(2)11(8)16-6-10-7-17-13(15)18-12(10)14;1-15-7-5-10(6-8-15)12-4-3-11(14)9-13(12)16-2;1-12-7-3-4-8(10-6-11)9(5-7)13-2;1-6-4-3-5-7(2)8(6)9;6-1-3-2-9-5(8)10-4(3)7;6-4-3(1-8)2-9-5(7)10-4/h5-9,12-13H,10-11,14H2,1-4H3;5-11H,12H2,1-4H3;3-5,7,16H,6H2,1-2H3;3-4,9-10H,5-8,14H2,1-2H3;3-5H,1-2H3;3-5H,9H2,1-2H3;2*2H,1H2. The quantitative estimate of drug-likeness (QED) is 0.0108. The van der Waals surface area contributed by atoms with E-state index in [2.05, 4.69) is 164 Å². The number of aromatic nitrogens is 10. The molecular weight excluding hydrogens is 2050 g/mol. The summed E-state index contributed by atoms with van der Waals surface area (Å²) in [6.07, 6.45) is 12.8. The number of piperidine rings is 1. The maximum atomic E-state index is 13.8. The summed E-state index contributed by atoms with van der Waals surface area (Å²) in [7, 11) is 13.4. The molecular formula is C98H105Cl10IN18O9. The fourth-order valence-corrected chi connectivity index (χ4v) is 16.8. The van der Waals surface area contributed by atoms with Gasteiger partial charge in [0.2, 0.25) is 32.5 Å². The molecule has 38 heteroatoms. The van der Waals surface area contributed by atoms with E-state index in [1.807, 2.05) is 100 Å². The van der Waals surface area contributed by atoms with E-state index in [0.717, 1.165) is 121 Å². The third-order valence-electron chi connectivity index (χ3n) is 21.2. The molecule has 1 saturated heterocycles. The lowest BCUT2D eigenvalue weighted by Gasteiger charge is -2.37. The van der Waals surface area contributed by atoms with Crippen LogP contribution in [0, 0.1) is 55.4 Å². The highest BCUT2D eigenvalue weighted by molar-refractivity contribution is 14.1. The van der Waals surface area contributed by atoms with E-state index >= 15 is 0 Å². The van der Waals surface area contributed by atoms with Gasteiger partial charge in [-0.05, 0) is 251 Å². The molecule has 8 aromatic carbocycles. The number of aliphatic imine (C=N–C) groups is 1. The lowest BCUT2D eigenvalue weighted by atomic mass is 9.89. The van der Waals surface area contributed by atoms with E-state index in [1.54, 1.807) is 109 Å². The monoisotopic (exact) mass is 2150 g/mol. The number of urea groups is 1. The van der Waals surface area contributed by atoms with Crippen molar-refractivity contribution in [1.29, 1.82) is 0 Å². The summed E-state index contributed by atoms with van der Waals surface area (Å²) < 4.78 is 37.9. The number of methoxy groups -OCH3 is 7. The molecule has 1 fully saturated rings. The molecule has 0 saturated carbocycles. The van der Waals surface area contributed by atoms with Gasteiger partial charge >= 0.3 is 6.03 Å². The Morgan fingerprint density at radius 2 is 0.941 bits per heavy atom. The Labute approximate surface area is 857 Å². The first kappa shape index (κ1) is 111. The van der Waals surface area contributed by atoms with Crippen molar-refractivity contribution in [3.8, 4) is 40.2 Å². The fourth-order valence-electron chi connectivity index (χ4n) is 14.1. The van der Waals surface area contributed by atoms with E-state index < -0.39 is 0 Å². The molecule has 5 aromatic heterocycles. The Bertz CT molecular complexity index is 6100. The minimum Gasteiger partial charge on any atom is -0.497 e. The van der Waals surface area contributed by atoms with Crippen molar-refractivity contribution >= 4 is 196 Å². The van der Waals surface area contributed by atoms with Gasteiger partial charge in [-0.2, -0.15) is 9.98 Å². The minimum atomic E-state index is -0.252. The number of isocyanates is 1. The predicted molar refractivity (Wildman–Crippen MR) is 560 cm³/mol. The van der Waals surface area contributed by atoms with Crippen LogP contribution >= 0.6 is 139 Å². The molecule has 0 radical (unpaired) electrons. The molecule has 27 nitrogen and oxygen atoms in total. The summed E-state index contributed by atoms with van der Waals surface area (Å²) in [5.41, 5.74) is 32.8. The van der Waals surface area contributed by atoms with Gasteiger partial charge in [-0.1, -0.05) is 154 Å². The summed E-state index contributed by atoms with van der Waals surface area (Å²) in [6, 6.07) is 46.3. The number of nitrogens with zero attached hydrogens (tertiary/aromatic N) is 15. The van der Waals surface area contributed by atoms with Gasteiger partial charge in [-0.3, -0.25) is 4.90 Å². The van der Waals surface area contributed by atoms with Crippen molar-refractivity contribution in [2.75, 3.05) is 108 Å². The molecule has 5 N–H and O–H groups in total. The summed E-state index contributed by atoms with van der Waals surface area (Å²) in [6.45, 7) is 20.9. The van der Waals surface area contributed by atoms with Gasteiger partial charge < -0.3 is 59.7 Å². The molecule has 718 valence electrons. The molecule has 136 heavy (non-hydrogen) atoms. The summed E-state index contributed by atoms with van der Waals surface area (Å²) in [5, 5.41) is 5.56. The smallest absolute Gasteiger partial charge is 0.335 e. The van der Waals surface area contributed by atoms with Crippen molar-refractivity contribution in [2.24, 2.45) is 4.99 Å². The second kappa shape index (κ2) is 55.6. The number of amides is 2. The fraction of sp³-hybridized carbons (Fsp3) is 0.286. The second-order valence-electron chi connectivity index (χ2n) is 30.4. The Morgan fingerprint density at radius 1 is 0.493 bits per heavy atom. The molecule has 0 bridgehead atoms. The maximum absolute atomic E-state index is 13.8. The van der Waals surface area contributed by atoms with E-state index in [4.69, 9.17) is 161 Å². The lowest BCUT2D eigenvalue weighted by molar-refractivity contribution is 0.252. The number of fused-ring (bicyclic) bond motifs is 1. The summed E-state index contributed by atoms with van der Waals surface area (Å²) >= 11 is 59.8. The van der Waals surface area contributed by atoms with Crippen LogP contribution in [0.1, 0.15) is 102 Å². The number of carbonyl (C=O) groups excluding carboxylic acids is 2. The zero-order valence-electron chi connectivity index (χ0n) is 77.8. The first-order valence-corrected chi connectivity index (χ1v) is 47.4. The van der Waals surface area contributed by atoms with Crippen LogP contribution in [0.4, 0.5) is 50.4 Å². The Morgan fingerprint density at radius 3 is 1.43 bits per heavy atom. The number of para-hydroxylation sites is 4. The predicted octanol–water partition coefficient (Wildman–Crippen LogP) is 25.6. The van der Waals surface area contributed by atoms with Crippen LogP contribution in [0.5, 0.6) is 40.2 Å². The molecule has 15 rings (SSSR count). The Kier molecular flexibility index (Phi) is 45.1. The third-order valence-corrected chi connectivity index (χ3v) is 24.6. The number of anilines is 7. The maximum Gasteiger partial charge on any atom is 0.335 e. The second-order valence-corrected chi connectivity index (χ2v) is 34.5. The highest BCUT2D eigenvalue weighted by atomic mass is 127. The number of likely N-dealkylation sites (tertiary alicyclic amines) is 1. The third kappa shape index (κ3) is 32.2. The van der Waals surface area contributed by atoms with Crippen LogP contribution in [0.2, 0.25) is 47.0 Å². The van der Waals surface area contributed by atoms with Crippen molar-refractivity contribution < 1.29 is 42.7 Å². The number of carbonyl (C=O) groups is 1. The topological polar surface area (TPSA) is 317 Å². The average Bonchev–Trinajstić information content (AvgIpc) is 0.745. The van der Waals surface area contributed by atoms with Crippen LogP contribution in [0.3, 0.4) is 0 Å². The van der Waals surface area contributed by atoms with Crippen LogP contribution in [-0.4, -0.2) is 143 Å². The first-order valence-electron chi connectivity index (χ1n) is 41.9. The van der Waals surface area contributed by atoms with E-state index in [-0.39, 0.29) is 32.4 Å². The number of nitrogen functional groups attached to an aromatic ring is 2. The highest BCUT2D eigenvalue weighted by Crippen LogP contribution is 2.44. The number of halogens is 11. The summed E-state index contributed by atoms with van der Waals surface area (Å²) in [4.78, 5) is 74.6. The summed E-state index contributed by atoms with van der Waals surface area (Å²) in [5.74, 6) is 6.11. The van der Waals surface area contributed by atoms with E-state index in [9.17, 15) is 9.59 Å². The van der Waals surface area contributed by atoms with Gasteiger partial charge in [0.25, 0.3) is 0 Å². The number of nitrogens with two attached hydrogens (primary N) is 2. The molecule has 0 atom stereocenters. The lowest BCUT2D eigenvalue weighted by Crippen LogP contribution is -2.46. The molecule has 2 aliphatic rings. The molecule has 0 aliphatic carbocycles. The van der Waals surface area contributed by atoms with Gasteiger partial charge in [0.15, 0.2) is 5.82 Å². The number of ether oxygens (including phenoxy) is 7. The van der Waals surface area contributed by atoms with Crippen molar-refractivity contribution in [2.45, 2.75) is 111 Å². The number of nitrogens with one attached hydrogen (secondary N) is 1. The highest BCUT2D eigenvalue weighted by Gasteiger charge is 2.37. The zero-order valence-corrected chi connectivity index (χ0v) is 87.5. The van der Waals surface area contributed by atoms with Crippen molar-refractivity contribution in [3.63, 3.8) is 0 Å². The normalized spacial score (nSPS) is 11.8. The molecule has 0 unspecified atom stereocenters. The molecule has 2 amide bonds. The Hall–Kier alpha value is -10.8. The first-order chi connectivity index (χ1) is 65.1. The van der Waals surface area contributed by atoms with Crippen LogP contribution in [0.25, 0.3) is 0 Å². The van der Waals surface area contributed by atoms with E-state index in [0.29, 0.717) is 97.8 Å². The molecule has 2 aliphatic heterocycles. The van der Waals surface area contributed by atoms with E-state index in [1.165, 1.54) is 70.6 Å². The number of benzene rings is 8. The number of hydrogen-bond donors (Lipinski definition) is 3. The zero-order chi connectivity index (χ0) is 99.4. The SMILES string of the molecule is COc1cc(N)ccc1C1CCN(C)CC1.COc1ccc(CCN(Cc2cnc(Cl)nc2Cl)c2c(C)cccc2C)c(OC)c1.COc1ccc(N2C(=O)N(c3c(C)cccc3C)Cc3cnc(Cl)nc32)c(OC)c1.COc1ccc(N=C=O)c(OC)c1.Cc1cccc(C)c1N.Cc1cccc(C)c1NCc1cnc(Cl)nc1Cl.ClCc1cnc(Cl)nc1Cl.Clc1ncc(CI)c(Cl)n1. The minimum absolute atomic E-state index is 0.0690.